The molecule has 9 heteroatoms. The fraction of sp³-hybridized carbons (Fsp3) is 0.556. The van der Waals surface area contributed by atoms with Crippen molar-refractivity contribution in [2.24, 2.45) is 0 Å². The summed E-state index contributed by atoms with van der Waals surface area (Å²) < 4.78 is 11.0. The van der Waals surface area contributed by atoms with Gasteiger partial charge in [-0.05, 0) is 88.3 Å². The van der Waals surface area contributed by atoms with Gasteiger partial charge in [0.1, 0.15) is 6.54 Å². The third kappa shape index (κ3) is 7.13. The van der Waals surface area contributed by atoms with E-state index in [2.05, 4.69) is 23.2 Å². The molecule has 1 saturated heterocycles. The van der Waals surface area contributed by atoms with E-state index in [0.717, 1.165) is 35.8 Å². The van der Waals surface area contributed by atoms with Crippen LogP contribution in [0, 0.1) is 6.92 Å². The highest BCUT2D eigenvalue weighted by Crippen LogP contribution is 2.33. The van der Waals surface area contributed by atoms with Crippen LogP contribution in [0.5, 0.6) is 11.5 Å². The van der Waals surface area contributed by atoms with Gasteiger partial charge < -0.3 is 29.5 Å². The standard InChI is InChI=1S/C27H38N4O4S/c1-20-9-14-36-24(20)17-31(16-21-7-8-22-23(15-21)35-19-34-22)25(32)18-30(26(33)28-27(2,3)4)13-12-29-10-5-6-11-29/h7-9,14-15H,5-6,10-13,16-19H2,1-4H3,(H,28,33). The Bertz CT molecular complexity index is 1060. The summed E-state index contributed by atoms with van der Waals surface area (Å²) in [6.45, 7) is 12.5. The van der Waals surface area contributed by atoms with Crippen molar-refractivity contribution in [1.82, 2.24) is 20.0 Å². The number of amides is 3. The molecule has 0 bridgehead atoms. The van der Waals surface area contributed by atoms with Gasteiger partial charge in [0.05, 0.1) is 6.54 Å². The van der Waals surface area contributed by atoms with Crippen LogP contribution in [0.25, 0.3) is 0 Å². The molecule has 1 N–H and O–H groups in total. The van der Waals surface area contributed by atoms with Crippen molar-refractivity contribution >= 4 is 23.3 Å². The Morgan fingerprint density at radius 1 is 1.06 bits per heavy atom. The van der Waals surface area contributed by atoms with Crippen LogP contribution in [-0.4, -0.2) is 71.7 Å². The molecule has 4 rings (SSSR count). The van der Waals surface area contributed by atoms with E-state index in [-0.39, 0.29) is 30.8 Å². The van der Waals surface area contributed by atoms with Crippen LogP contribution in [-0.2, 0) is 17.9 Å². The van der Waals surface area contributed by atoms with Gasteiger partial charge in [0.25, 0.3) is 0 Å². The number of ether oxygens (including phenoxy) is 2. The second-order valence-corrected chi connectivity index (χ2v) is 11.6. The summed E-state index contributed by atoms with van der Waals surface area (Å²) in [5, 5.41) is 5.09. The van der Waals surface area contributed by atoms with Crippen molar-refractivity contribution in [2.45, 2.75) is 59.2 Å². The quantitative estimate of drug-likeness (QED) is 0.542. The summed E-state index contributed by atoms with van der Waals surface area (Å²) in [4.78, 5) is 33.9. The van der Waals surface area contributed by atoms with Crippen molar-refractivity contribution in [3.63, 3.8) is 0 Å². The second kappa shape index (κ2) is 11.5. The van der Waals surface area contributed by atoms with Crippen LogP contribution in [0.2, 0.25) is 0 Å². The zero-order chi connectivity index (χ0) is 25.7. The molecule has 36 heavy (non-hydrogen) atoms. The van der Waals surface area contributed by atoms with Crippen molar-refractivity contribution in [3.05, 3.63) is 45.6 Å². The van der Waals surface area contributed by atoms with E-state index in [1.54, 1.807) is 16.2 Å². The summed E-state index contributed by atoms with van der Waals surface area (Å²) in [7, 11) is 0. The minimum atomic E-state index is -0.383. The third-order valence-electron chi connectivity index (χ3n) is 6.45. The van der Waals surface area contributed by atoms with Crippen molar-refractivity contribution in [1.29, 1.82) is 0 Å². The third-order valence-corrected chi connectivity index (χ3v) is 7.45. The number of rotatable bonds is 9. The van der Waals surface area contributed by atoms with Crippen molar-refractivity contribution < 1.29 is 19.1 Å². The minimum absolute atomic E-state index is 0.0325. The van der Waals surface area contributed by atoms with E-state index in [0.29, 0.717) is 25.4 Å². The normalized spacial score (nSPS) is 15.2. The summed E-state index contributed by atoms with van der Waals surface area (Å²) in [6, 6.07) is 7.65. The molecule has 3 heterocycles. The number of carbonyl (C=O) groups excluding carboxylic acids is 2. The number of nitrogens with one attached hydrogen (secondary N) is 1. The molecule has 0 unspecified atom stereocenters. The van der Waals surface area contributed by atoms with E-state index >= 15 is 0 Å². The number of hydrogen-bond donors (Lipinski definition) is 1. The maximum Gasteiger partial charge on any atom is 0.318 e. The molecule has 0 radical (unpaired) electrons. The number of nitrogens with zero attached hydrogens (tertiary/aromatic N) is 3. The summed E-state index contributed by atoms with van der Waals surface area (Å²) in [5.41, 5.74) is 1.75. The number of likely N-dealkylation sites (tertiary alicyclic amines) is 1. The zero-order valence-electron chi connectivity index (χ0n) is 21.8. The molecule has 3 amide bonds. The SMILES string of the molecule is Cc1ccsc1CN(Cc1ccc2c(c1)OCO2)C(=O)CN(CCN1CCCC1)C(=O)NC(C)(C)C. The van der Waals surface area contributed by atoms with E-state index in [1.165, 1.54) is 18.4 Å². The van der Waals surface area contributed by atoms with Crippen molar-refractivity contribution in [3.8, 4) is 11.5 Å². The van der Waals surface area contributed by atoms with Gasteiger partial charge in [0, 0.05) is 30.1 Å². The van der Waals surface area contributed by atoms with Gasteiger partial charge in [-0.2, -0.15) is 0 Å². The molecule has 1 aromatic heterocycles. The van der Waals surface area contributed by atoms with Gasteiger partial charge in [0.2, 0.25) is 12.7 Å². The van der Waals surface area contributed by atoms with Crippen LogP contribution < -0.4 is 14.8 Å². The molecular formula is C27H38N4O4S. The average Bonchev–Trinajstić information content (AvgIpc) is 3.57. The number of thiophene rings is 1. The number of carbonyl (C=O) groups is 2. The summed E-state index contributed by atoms with van der Waals surface area (Å²) >= 11 is 1.65. The highest BCUT2D eigenvalue weighted by Gasteiger charge is 2.26. The molecular weight excluding hydrogens is 476 g/mol. The molecule has 1 fully saturated rings. The minimum Gasteiger partial charge on any atom is -0.454 e. The highest BCUT2D eigenvalue weighted by atomic mass is 32.1. The predicted octanol–water partition coefficient (Wildman–Crippen LogP) is 4.22. The first-order chi connectivity index (χ1) is 17.2. The van der Waals surface area contributed by atoms with Crippen LogP contribution >= 0.6 is 11.3 Å². The lowest BCUT2D eigenvalue weighted by molar-refractivity contribution is -0.133. The van der Waals surface area contributed by atoms with Gasteiger partial charge in [-0.15, -0.1) is 11.3 Å². The number of urea groups is 1. The van der Waals surface area contributed by atoms with Gasteiger partial charge in [-0.3, -0.25) is 4.79 Å². The molecule has 2 aliphatic heterocycles. The number of benzene rings is 1. The highest BCUT2D eigenvalue weighted by molar-refractivity contribution is 7.10. The summed E-state index contributed by atoms with van der Waals surface area (Å²) in [6.07, 6.45) is 2.38. The van der Waals surface area contributed by atoms with E-state index in [4.69, 9.17) is 9.47 Å². The predicted molar refractivity (Wildman–Crippen MR) is 141 cm³/mol. The number of hydrogen-bond acceptors (Lipinski definition) is 6. The fourth-order valence-corrected chi connectivity index (χ4v) is 5.34. The molecule has 0 aliphatic carbocycles. The molecule has 196 valence electrons. The second-order valence-electron chi connectivity index (χ2n) is 10.6. The Kier molecular flexibility index (Phi) is 8.41. The first-order valence-corrected chi connectivity index (χ1v) is 13.5. The first-order valence-electron chi connectivity index (χ1n) is 12.7. The molecule has 0 saturated carbocycles. The Balaban J connectivity index is 1.50. The number of aryl methyl sites for hydroxylation is 1. The van der Waals surface area contributed by atoms with Gasteiger partial charge >= 0.3 is 6.03 Å². The fourth-order valence-electron chi connectivity index (χ4n) is 4.42. The maximum atomic E-state index is 13.7. The lowest BCUT2D eigenvalue weighted by Gasteiger charge is -2.31. The zero-order valence-corrected chi connectivity index (χ0v) is 22.7. The Labute approximate surface area is 218 Å². The smallest absolute Gasteiger partial charge is 0.318 e. The number of fused-ring (bicyclic) bond motifs is 1. The van der Waals surface area contributed by atoms with E-state index in [1.807, 2.05) is 49.3 Å². The molecule has 2 aliphatic rings. The molecule has 0 atom stereocenters. The van der Waals surface area contributed by atoms with Crippen LogP contribution in [0.3, 0.4) is 0 Å². The van der Waals surface area contributed by atoms with Gasteiger partial charge in [0.15, 0.2) is 11.5 Å². The topological polar surface area (TPSA) is 74.4 Å². The molecule has 2 aromatic rings. The Morgan fingerprint density at radius 3 is 2.50 bits per heavy atom. The average molecular weight is 515 g/mol. The molecule has 0 spiro atoms. The molecule has 8 nitrogen and oxygen atoms in total. The maximum absolute atomic E-state index is 13.7. The molecule has 1 aromatic carbocycles. The Morgan fingerprint density at radius 2 is 1.81 bits per heavy atom. The van der Waals surface area contributed by atoms with Crippen molar-refractivity contribution in [2.75, 3.05) is 39.5 Å². The van der Waals surface area contributed by atoms with Gasteiger partial charge in [-0.1, -0.05) is 6.07 Å². The lowest BCUT2D eigenvalue weighted by atomic mass is 10.1. The van der Waals surface area contributed by atoms with Crippen LogP contribution in [0.4, 0.5) is 4.79 Å². The Hall–Kier alpha value is -2.78. The lowest BCUT2D eigenvalue weighted by Crippen LogP contribution is -2.53. The summed E-state index contributed by atoms with van der Waals surface area (Å²) in [5.74, 6) is 1.34. The van der Waals surface area contributed by atoms with Crippen LogP contribution in [0.15, 0.2) is 29.6 Å². The van der Waals surface area contributed by atoms with E-state index in [9.17, 15) is 9.59 Å². The van der Waals surface area contributed by atoms with E-state index < -0.39 is 0 Å². The first kappa shape index (κ1) is 26.3. The van der Waals surface area contributed by atoms with Gasteiger partial charge in [-0.25, -0.2) is 4.79 Å². The largest absolute Gasteiger partial charge is 0.454 e. The monoisotopic (exact) mass is 514 g/mol. The van der Waals surface area contributed by atoms with Crippen LogP contribution in [0.1, 0.15) is 49.6 Å².